The van der Waals surface area contributed by atoms with E-state index < -0.39 is 0 Å². The van der Waals surface area contributed by atoms with Gasteiger partial charge in [0.1, 0.15) is 23.3 Å². The zero-order valence-corrected chi connectivity index (χ0v) is 12.8. The molecule has 0 aliphatic carbocycles. The van der Waals surface area contributed by atoms with Crippen LogP contribution in [0.5, 0.6) is 0 Å². The molecule has 0 atom stereocenters. The average molecular weight is 274 g/mol. The van der Waals surface area contributed by atoms with Gasteiger partial charge in [-0.25, -0.2) is 15.0 Å². The summed E-state index contributed by atoms with van der Waals surface area (Å²) in [5, 5.41) is 3.09. The van der Waals surface area contributed by atoms with Crippen molar-refractivity contribution in [1.29, 1.82) is 0 Å². The summed E-state index contributed by atoms with van der Waals surface area (Å²) in [7, 11) is 5.88. The molecule has 0 saturated heterocycles. The largest absolute Gasteiger partial charge is 0.373 e. The second-order valence-corrected chi connectivity index (χ2v) is 5.18. The van der Waals surface area contributed by atoms with Crippen LogP contribution in [0.3, 0.4) is 0 Å². The molecule has 0 unspecified atom stereocenters. The molecular formula is C14H22N6. The van der Waals surface area contributed by atoms with Crippen LogP contribution in [-0.4, -0.2) is 33.6 Å². The Kier molecular flexibility index (Phi) is 4.22. The lowest BCUT2D eigenvalue weighted by molar-refractivity contribution is 0.735. The lowest BCUT2D eigenvalue weighted by Crippen LogP contribution is -2.21. The quantitative estimate of drug-likeness (QED) is 0.904. The van der Waals surface area contributed by atoms with Gasteiger partial charge in [-0.1, -0.05) is 13.8 Å². The summed E-state index contributed by atoms with van der Waals surface area (Å²) >= 11 is 0. The molecule has 6 heteroatoms. The molecule has 0 spiro atoms. The molecule has 6 nitrogen and oxygen atoms in total. The second-order valence-electron chi connectivity index (χ2n) is 5.18. The van der Waals surface area contributed by atoms with E-state index in [2.05, 4.69) is 39.0 Å². The van der Waals surface area contributed by atoms with Gasteiger partial charge in [0.25, 0.3) is 0 Å². The molecule has 2 rings (SSSR count). The van der Waals surface area contributed by atoms with Crippen molar-refractivity contribution in [2.45, 2.75) is 26.3 Å². The van der Waals surface area contributed by atoms with Gasteiger partial charge >= 0.3 is 0 Å². The molecule has 0 aliphatic rings. The predicted molar refractivity (Wildman–Crippen MR) is 81.0 cm³/mol. The Morgan fingerprint density at radius 1 is 1.35 bits per heavy atom. The van der Waals surface area contributed by atoms with E-state index in [0.717, 1.165) is 23.3 Å². The van der Waals surface area contributed by atoms with Gasteiger partial charge in [-0.15, -0.1) is 0 Å². The molecule has 2 heterocycles. The third-order valence-corrected chi connectivity index (χ3v) is 3.19. The lowest BCUT2D eigenvalue weighted by atomic mass is 10.2. The average Bonchev–Trinajstić information content (AvgIpc) is 2.83. The number of aromatic nitrogens is 4. The van der Waals surface area contributed by atoms with Gasteiger partial charge in [0.2, 0.25) is 0 Å². The number of nitrogens with zero attached hydrogens (tertiary/aromatic N) is 5. The molecule has 2 aromatic heterocycles. The fourth-order valence-electron chi connectivity index (χ4n) is 1.88. The first-order valence-electron chi connectivity index (χ1n) is 6.75. The first-order valence-corrected chi connectivity index (χ1v) is 6.75. The number of rotatable bonds is 5. The van der Waals surface area contributed by atoms with Crippen molar-refractivity contribution in [3.8, 4) is 0 Å². The minimum Gasteiger partial charge on any atom is -0.373 e. The van der Waals surface area contributed by atoms with Gasteiger partial charge in [0, 0.05) is 45.5 Å². The van der Waals surface area contributed by atoms with E-state index in [9.17, 15) is 0 Å². The third-order valence-electron chi connectivity index (χ3n) is 3.19. The number of hydrogen-bond acceptors (Lipinski definition) is 5. The molecule has 108 valence electrons. The zero-order valence-electron chi connectivity index (χ0n) is 12.8. The number of anilines is 2. The van der Waals surface area contributed by atoms with E-state index in [4.69, 9.17) is 0 Å². The van der Waals surface area contributed by atoms with Crippen LogP contribution >= 0.6 is 0 Å². The Morgan fingerprint density at radius 2 is 2.10 bits per heavy atom. The van der Waals surface area contributed by atoms with E-state index in [1.54, 1.807) is 0 Å². The van der Waals surface area contributed by atoms with E-state index in [1.807, 2.05) is 44.2 Å². The van der Waals surface area contributed by atoms with Crippen molar-refractivity contribution in [2.75, 3.05) is 24.3 Å². The lowest BCUT2D eigenvalue weighted by Gasteiger charge is -2.20. The molecule has 0 aromatic carbocycles. The summed E-state index contributed by atoms with van der Waals surface area (Å²) in [5.41, 5.74) is 0. The summed E-state index contributed by atoms with van der Waals surface area (Å²) in [6.45, 7) is 4.90. The van der Waals surface area contributed by atoms with Gasteiger partial charge in [-0.3, -0.25) is 0 Å². The first-order chi connectivity index (χ1) is 9.51. The van der Waals surface area contributed by atoms with Crippen molar-refractivity contribution >= 4 is 11.6 Å². The first kappa shape index (κ1) is 14.3. The van der Waals surface area contributed by atoms with Crippen molar-refractivity contribution in [3.05, 3.63) is 30.1 Å². The monoisotopic (exact) mass is 274 g/mol. The van der Waals surface area contributed by atoms with Crippen LogP contribution in [0.4, 0.5) is 11.6 Å². The number of aryl methyl sites for hydroxylation is 1. The highest BCUT2D eigenvalue weighted by molar-refractivity contribution is 5.49. The molecular weight excluding hydrogens is 252 g/mol. The maximum atomic E-state index is 4.63. The maximum Gasteiger partial charge on any atom is 0.135 e. The van der Waals surface area contributed by atoms with E-state index in [-0.39, 0.29) is 0 Å². The second kappa shape index (κ2) is 5.90. The van der Waals surface area contributed by atoms with Gasteiger partial charge in [0.15, 0.2) is 0 Å². The van der Waals surface area contributed by atoms with E-state index in [1.165, 1.54) is 0 Å². The molecule has 0 aliphatic heterocycles. The Labute approximate surface area is 119 Å². The zero-order chi connectivity index (χ0) is 14.7. The minimum atomic E-state index is 0.295. The highest BCUT2D eigenvalue weighted by Crippen LogP contribution is 2.20. The van der Waals surface area contributed by atoms with Gasteiger partial charge in [-0.05, 0) is 0 Å². The van der Waals surface area contributed by atoms with Crippen molar-refractivity contribution < 1.29 is 0 Å². The summed E-state index contributed by atoms with van der Waals surface area (Å²) in [6, 6.07) is 1.95. The van der Waals surface area contributed by atoms with Crippen LogP contribution in [0.25, 0.3) is 0 Å². The Morgan fingerprint density at radius 3 is 2.65 bits per heavy atom. The summed E-state index contributed by atoms with van der Waals surface area (Å²) in [6.07, 6.45) is 3.75. The smallest absolute Gasteiger partial charge is 0.135 e. The number of nitrogens with one attached hydrogen (secondary N) is 1. The van der Waals surface area contributed by atoms with E-state index in [0.29, 0.717) is 12.5 Å². The molecule has 1 N–H and O–H groups in total. The summed E-state index contributed by atoms with van der Waals surface area (Å²) < 4.78 is 2.01. The maximum absolute atomic E-state index is 4.63. The standard InChI is InChI=1S/C14H22N6/c1-10(2)14-17-11(15-3)8-12(18-14)20(5)9-13-16-6-7-19(13)4/h6-8,10H,9H2,1-5H3,(H,15,17,18). The molecule has 0 amide bonds. The number of imidazole rings is 1. The molecule has 2 aromatic rings. The molecule has 20 heavy (non-hydrogen) atoms. The summed E-state index contributed by atoms with van der Waals surface area (Å²) in [5.74, 6) is 3.88. The van der Waals surface area contributed by atoms with Crippen molar-refractivity contribution in [2.24, 2.45) is 7.05 Å². The van der Waals surface area contributed by atoms with Crippen LogP contribution in [0.15, 0.2) is 18.5 Å². The summed E-state index contributed by atoms with van der Waals surface area (Å²) in [4.78, 5) is 15.5. The predicted octanol–water partition coefficient (Wildman–Crippen LogP) is 2.01. The van der Waals surface area contributed by atoms with E-state index >= 15 is 0 Å². The Hall–Kier alpha value is -2.11. The normalized spacial score (nSPS) is 10.9. The van der Waals surface area contributed by atoms with Crippen molar-refractivity contribution in [1.82, 2.24) is 19.5 Å². The van der Waals surface area contributed by atoms with Crippen LogP contribution in [0.1, 0.15) is 31.4 Å². The Balaban J connectivity index is 2.26. The van der Waals surface area contributed by atoms with Gasteiger partial charge in [0.05, 0.1) is 6.54 Å². The highest BCUT2D eigenvalue weighted by atomic mass is 15.2. The molecule has 0 fully saturated rings. The molecule has 0 radical (unpaired) electrons. The SMILES string of the molecule is CNc1cc(N(C)Cc2nccn2C)nc(C(C)C)n1. The van der Waals surface area contributed by atoms with Crippen molar-refractivity contribution in [3.63, 3.8) is 0 Å². The van der Waals surface area contributed by atoms with Gasteiger partial charge < -0.3 is 14.8 Å². The fourth-order valence-corrected chi connectivity index (χ4v) is 1.88. The van der Waals surface area contributed by atoms with Crippen LogP contribution in [0, 0.1) is 0 Å². The van der Waals surface area contributed by atoms with Crippen LogP contribution in [0.2, 0.25) is 0 Å². The highest BCUT2D eigenvalue weighted by Gasteiger charge is 2.12. The Bertz CT molecular complexity index is 575. The fraction of sp³-hybridized carbons (Fsp3) is 0.500. The number of hydrogen-bond donors (Lipinski definition) is 1. The topological polar surface area (TPSA) is 58.9 Å². The molecule has 0 bridgehead atoms. The van der Waals surface area contributed by atoms with Crippen LogP contribution in [-0.2, 0) is 13.6 Å². The minimum absolute atomic E-state index is 0.295. The van der Waals surface area contributed by atoms with Crippen LogP contribution < -0.4 is 10.2 Å². The molecule has 0 saturated carbocycles. The third kappa shape index (κ3) is 3.07. The van der Waals surface area contributed by atoms with Gasteiger partial charge in [-0.2, -0.15) is 0 Å².